The molecule has 2 aliphatic heterocycles. The summed E-state index contributed by atoms with van der Waals surface area (Å²) in [5.74, 6) is 0.980. The van der Waals surface area contributed by atoms with E-state index in [4.69, 9.17) is 4.74 Å². The van der Waals surface area contributed by atoms with Gasteiger partial charge in [0.05, 0.1) is 6.61 Å². The molecule has 5 heteroatoms. The Bertz CT molecular complexity index is 346. The van der Waals surface area contributed by atoms with Crippen LogP contribution in [0.5, 0.6) is 0 Å². The minimum absolute atomic E-state index is 0.171. The van der Waals surface area contributed by atoms with E-state index in [0.717, 1.165) is 64.6 Å². The second-order valence-corrected chi connectivity index (χ2v) is 7.26. The molecule has 5 nitrogen and oxygen atoms in total. The van der Waals surface area contributed by atoms with E-state index in [0.29, 0.717) is 12.6 Å². The molecule has 0 unspecified atom stereocenters. The highest BCUT2D eigenvalue weighted by Crippen LogP contribution is 2.19. The van der Waals surface area contributed by atoms with Gasteiger partial charge < -0.3 is 9.64 Å². The third-order valence-corrected chi connectivity index (χ3v) is 5.46. The minimum Gasteiger partial charge on any atom is -0.370 e. The van der Waals surface area contributed by atoms with Crippen LogP contribution in [0.4, 0.5) is 0 Å². The lowest BCUT2D eigenvalue weighted by molar-refractivity contribution is -0.137. The molecule has 0 radical (unpaired) electrons. The van der Waals surface area contributed by atoms with Gasteiger partial charge in [0, 0.05) is 51.9 Å². The van der Waals surface area contributed by atoms with Crippen molar-refractivity contribution in [1.82, 2.24) is 14.7 Å². The maximum atomic E-state index is 12.1. The Morgan fingerprint density at radius 1 is 1.09 bits per heavy atom. The molecule has 0 aromatic rings. The number of nitrogens with zero attached hydrogens (tertiary/aromatic N) is 3. The van der Waals surface area contributed by atoms with Gasteiger partial charge in [0.2, 0.25) is 5.91 Å². The largest absolute Gasteiger partial charge is 0.370 e. The van der Waals surface area contributed by atoms with Crippen LogP contribution in [-0.4, -0.2) is 85.7 Å². The summed E-state index contributed by atoms with van der Waals surface area (Å²) in [4.78, 5) is 19.1. The van der Waals surface area contributed by atoms with E-state index in [2.05, 4.69) is 30.6 Å². The van der Waals surface area contributed by atoms with Crippen LogP contribution in [0.3, 0.4) is 0 Å². The molecule has 0 spiro atoms. The molecule has 0 N–H and O–H groups in total. The summed E-state index contributed by atoms with van der Waals surface area (Å²) in [5.41, 5.74) is 0. The van der Waals surface area contributed by atoms with E-state index in [1.54, 1.807) is 0 Å². The van der Waals surface area contributed by atoms with E-state index in [9.17, 15) is 4.79 Å². The first-order valence-electron chi connectivity index (χ1n) is 9.42. The van der Waals surface area contributed by atoms with Crippen LogP contribution in [0.15, 0.2) is 0 Å². The molecule has 2 fully saturated rings. The summed E-state index contributed by atoms with van der Waals surface area (Å²) in [6, 6.07) is 0.642. The number of likely N-dealkylation sites (tertiary alicyclic amines) is 1. The molecule has 1 amide bonds. The molecule has 2 heterocycles. The number of hydrogen-bond acceptors (Lipinski definition) is 4. The molecule has 23 heavy (non-hydrogen) atoms. The fourth-order valence-electron chi connectivity index (χ4n) is 3.54. The molecule has 0 bridgehead atoms. The van der Waals surface area contributed by atoms with Gasteiger partial charge in [0.25, 0.3) is 0 Å². The Labute approximate surface area is 141 Å². The molecule has 0 aromatic carbocycles. The monoisotopic (exact) mass is 325 g/mol. The molecular weight excluding hydrogens is 290 g/mol. The highest BCUT2D eigenvalue weighted by Gasteiger charge is 2.22. The van der Waals surface area contributed by atoms with Crippen LogP contribution in [0.1, 0.15) is 40.0 Å². The number of carbonyl (C=O) groups is 1. The lowest BCUT2D eigenvalue weighted by atomic mass is 9.94. The zero-order valence-corrected chi connectivity index (χ0v) is 15.3. The number of hydrogen-bond donors (Lipinski definition) is 0. The molecule has 0 aromatic heterocycles. The van der Waals surface area contributed by atoms with Gasteiger partial charge >= 0.3 is 0 Å². The van der Waals surface area contributed by atoms with Gasteiger partial charge in [-0.2, -0.15) is 0 Å². The van der Waals surface area contributed by atoms with Crippen molar-refractivity contribution in [3.8, 4) is 0 Å². The number of piperazine rings is 1. The SMILES string of the molecule is CCC1CCN(C(=O)COCCN2CCN(C(C)C)CC2)CC1. The maximum Gasteiger partial charge on any atom is 0.248 e. The summed E-state index contributed by atoms with van der Waals surface area (Å²) in [5, 5.41) is 0. The number of ether oxygens (including phenoxy) is 1. The zero-order chi connectivity index (χ0) is 16.7. The Hall–Kier alpha value is -0.650. The molecule has 134 valence electrons. The fraction of sp³-hybridized carbons (Fsp3) is 0.944. The lowest BCUT2D eigenvalue weighted by Crippen LogP contribution is -2.49. The normalized spacial score (nSPS) is 22.0. The summed E-state index contributed by atoms with van der Waals surface area (Å²) < 4.78 is 5.63. The van der Waals surface area contributed by atoms with E-state index in [-0.39, 0.29) is 12.5 Å². The van der Waals surface area contributed by atoms with Crippen molar-refractivity contribution >= 4 is 5.91 Å². The number of amides is 1. The third kappa shape index (κ3) is 6.05. The predicted molar refractivity (Wildman–Crippen MR) is 93.6 cm³/mol. The highest BCUT2D eigenvalue weighted by molar-refractivity contribution is 5.77. The Kier molecular flexibility index (Phi) is 7.80. The average Bonchev–Trinajstić information content (AvgIpc) is 2.59. The smallest absolute Gasteiger partial charge is 0.248 e. The number of piperidine rings is 1. The molecular formula is C18H35N3O2. The van der Waals surface area contributed by atoms with Gasteiger partial charge in [-0.1, -0.05) is 13.3 Å². The van der Waals surface area contributed by atoms with Crippen molar-refractivity contribution in [2.24, 2.45) is 5.92 Å². The van der Waals surface area contributed by atoms with Crippen molar-refractivity contribution in [3.63, 3.8) is 0 Å². The standard InChI is InChI=1S/C18H35N3O2/c1-4-17-5-7-21(8-6-17)18(22)15-23-14-13-19-9-11-20(12-10-19)16(2)3/h16-17H,4-15H2,1-3H3. The number of rotatable bonds is 7. The topological polar surface area (TPSA) is 36.0 Å². The third-order valence-electron chi connectivity index (χ3n) is 5.46. The first kappa shape index (κ1) is 18.7. The molecule has 0 aliphatic carbocycles. The first-order valence-corrected chi connectivity index (χ1v) is 9.42. The predicted octanol–water partition coefficient (Wildman–Crippen LogP) is 1.68. The van der Waals surface area contributed by atoms with Gasteiger partial charge in [0.1, 0.15) is 6.61 Å². The summed E-state index contributed by atoms with van der Waals surface area (Å²) in [7, 11) is 0. The minimum atomic E-state index is 0.171. The molecule has 0 saturated carbocycles. The van der Waals surface area contributed by atoms with Crippen molar-refractivity contribution in [1.29, 1.82) is 0 Å². The Morgan fingerprint density at radius 2 is 1.74 bits per heavy atom. The van der Waals surface area contributed by atoms with Gasteiger partial charge in [0.15, 0.2) is 0 Å². The summed E-state index contributed by atoms with van der Waals surface area (Å²) >= 11 is 0. The molecule has 0 atom stereocenters. The van der Waals surface area contributed by atoms with E-state index in [1.807, 2.05) is 4.90 Å². The van der Waals surface area contributed by atoms with Crippen LogP contribution in [-0.2, 0) is 9.53 Å². The van der Waals surface area contributed by atoms with Crippen molar-refractivity contribution in [2.75, 3.05) is 59.0 Å². The first-order chi connectivity index (χ1) is 11.1. The van der Waals surface area contributed by atoms with Crippen molar-refractivity contribution in [3.05, 3.63) is 0 Å². The summed E-state index contributed by atoms with van der Waals surface area (Å²) in [6.07, 6.45) is 3.55. The van der Waals surface area contributed by atoms with Crippen LogP contribution in [0, 0.1) is 5.92 Å². The second-order valence-electron chi connectivity index (χ2n) is 7.26. The van der Waals surface area contributed by atoms with Crippen LogP contribution >= 0.6 is 0 Å². The Morgan fingerprint density at radius 3 is 2.30 bits per heavy atom. The molecule has 2 saturated heterocycles. The van der Waals surface area contributed by atoms with E-state index < -0.39 is 0 Å². The zero-order valence-electron chi connectivity index (χ0n) is 15.3. The van der Waals surface area contributed by atoms with E-state index in [1.165, 1.54) is 6.42 Å². The highest BCUT2D eigenvalue weighted by atomic mass is 16.5. The summed E-state index contributed by atoms with van der Waals surface area (Å²) in [6.45, 7) is 15.0. The fourth-order valence-corrected chi connectivity index (χ4v) is 3.54. The van der Waals surface area contributed by atoms with Gasteiger partial charge in [-0.05, 0) is 32.6 Å². The van der Waals surface area contributed by atoms with Crippen molar-refractivity contribution < 1.29 is 9.53 Å². The van der Waals surface area contributed by atoms with Gasteiger partial charge in [-0.3, -0.25) is 14.6 Å². The Balaban J connectivity index is 1.53. The lowest BCUT2D eigenvalue weighted by Gasteiger charge is -2.36. The average molecular weight is 325 g/mol. The van der Waals surface area contributed by atoms with Gasteiger partial charge in [-0.15, -0.1) is 0 Å². The molecule has 2 aliphatic rings. The van der Waals surface area contributed by atoms with Crippen molar-refractivity contribution in [2.45, 2.75) is 46.1 Å². The van der Waals surface area contributed by atoms with Crippen LogP contribution in [0.2, 0.25) is 0 Å². The van der Waals surface area contributed by atoms with Crippen LogP contribution < -0.4 is 0 Å². The maximum absolute atomic E-state index is 12.1. The number of carbonyl (C=O) groups excluding carboxylic acids is 1. The second kappa shape index (κ2) is 9.60. The van der Waals surface area contributed by atoms with E-state index >= 15 is 0 Å². The van der Waals surface area contributed by atoms with Crippen LogP contribution in [0.25, 0.3) is 0 Å². The quantitative estimate of drug-likeness (QED) is 0.667. The molecule has 2 rings (SSSR count). The van der Waals surface area contributed by atoms with Gasteiger partial charge in [-0.25, -0.2) is 0 Å².